The first-order valence-electron chi connectivity index (χ1n) is 20.0. The molecule has 0 spiro atoms. The third kappa shape index (κ3) is 15.9. The minimum absolute atomic E-state index is 0.756. The Bertz CT molecular complexity index is 1660. The summed E-state index contributed by atoms with van der Waals surface area (Å²) in [6.45, 7) is 13.4. The number of rotatable bonds is 15. The Morgan fingerprint density at radius 2 is 0.948 bits per heavy atom. The van der Waals surface area contributed by atoms with Gasteiger partial charge in [0.25, 0.3) is 0 Å². The number of aliphatic hydroxyl groups is 2. The number of hydrogen-bond acceptors (Lipinski definition) is 10. The van der Waals surface area contributed by atoms with E-state index in [1.54, 1.807) is 0 Å². The largest absolute Gasteiger partial charge is 0.619 e. The number of pyridine rings is 2. The van der Waals surface area contributed by atoms with Gasteiger partial charge in [0.15, 0.2) is 37.0 Å². The van der Waals surface area contributed by atoms with Gasteiger partial charge in [0.2, 0.25) is 0 Å². The highest BCUT2D eigenvalue weighted by Gasteiger charge is 2.29. The van der Waals surface area contributed by atoms with Crippen molar-refractivity contribution in [3.8, 4) is 33.8 Å². The predicted octanol–water partition coefficient (Wildman–Crippen LogP) is 4.85. The van der Waals surface area contributed by atoms with Crippen LogP contribution in [0.15, 0.2) is 97.6 Å². The predicted molar refractivity (Wildman–Crippen MR) is 219 cm³/mol. The summed E-state index contributed by atoms with van der Waals surface area (Å²) < 4.78 is 13.3. The van der Waals surface area contributed by atoms with E-state index in [2.05, 4.69) is 23.6 Å². The van der Waals surface area contributed by atoms with E-state index in [-0.39, 0.29) is 0 Å². The first-order chi connectivity index (χ1) is 27.9. The van der Waals surface area contributed by atoms with Crippen LogP contribution in [0.1, 0.15) is 52.4 Å². The molecular formula is C44H58N4O10. The van der Waals surface area contributed by atoms with Crippen LogP contribution in [-0.4, -0.2) is 107 Å². The molecule has 2 saturated heterocycles. The highest BCUT2D eigenvalue weighted by Crippen LogP contribution is 2.23. The van der Waals surface area contributed by atoms with Crippen LogP contribution in [0.3, 0.4) is 0 Å². The number of carboxylic acids is 2. The van der Waals surface area contributed by atoms with Crippen LogP contribution in [-0.2, 0) is 9.59 Å². The number of ether oxygens (including phenoxy) is 2. The highest BCUT2D eigenvalue weighted by atomic mass is 16.5. The molecule has 4 atom stereocenters. The van der Waals surface area contributed by atoms with Crippen LogP contribution in [0.5, 0.6) is 11.5 Å². The quantitative estimate of drug-likeness (QED) is 0.0727. The maximum Gasteiger partial charge on any atom is 0.335 e. The fourth-order valence-corrected chi connectivity index (χ4v) is 6.90. The Morgan fingerprint density at radius 3 is 1.26 bits per heavy atom. The van der Waals surface area contributed by atoms with Gasteiger partial charge in [-0.1, -0.05) is 38.1 Å². The number of carbonyl (C=O) groups is 2. The monoisotopic (exact) mass is 802 g/mol. The Hall–Kier alpha value is -5.28. The number of hydrogen-bond donors (Lipinski definition) is 4. The lowest BCUT2D eigenvalue weighted by molar-refractivity contribution is -0.605. The Balaban J connectivity index is 0.000000209. The van der Waals surface area contributed by atoms with Crippen molar-refractivity contribution in [1.29, 1.82) is 0 Å². The average molecular weight is 803 g/mol. The standard InChI is InChI=1S/2C20H26N2O2.C4H6O6/c2*1-17-4-2-11-21(16-17)12-3-15-24-20-7-5-18(6-8-20)19-9-13-22(23)14-10-19;5-1(3(7)8)2(6)4(9)10/h2*5-10,13-14,17H,2-4,11-12,15-16H2,1H3;1-2,5-6H,(H,7,8)(H,9,10). The van der Waals surface area contributed by atoms with Crippen molar-refractivity contribution in [2.45, 2.75) is 64.6 Å². The number of aliphatic hydroxyl groups excluding tert-OH is 2. The number of aromatic nitrogens is 2. The maximum atomic E-state index is 11.1. The van der Waals surface area contributed by atoms with Crippen molar-refractivity contribution in [1.82, 2.24) is 9.80 Å². The second-order valence-corrected chi connectivity index (χ2v) is 15.0. The number of benzene rings is 2. The van der Waals surface area contributed by atoms with E-state index in [0.717, 1.165) is 94.2 Å². The minimum atomic E-state index is -2.27. The molecule has 2 fully saturated rings. The SMILES string of the molecule is CC1CCCN(CCCOc2ccc(-c3cc[n+]([O-])cc3)cc2)C1.CC1CCCN(CCCOc2ccc(-c3cc[n+]([O-])cc3)cc2)C1.O=C(O)C(O)C(O)C(=O)O. The molecule has 6 rings (SSSR count). The Labute approximate surface area is 340 Å². The van der Waals surface area contributed by atoms with Gasteiger partial charge in [-0.25, -0.2) is 9.59 Å². The molecule has 0 saturated carbocycles. The first kappa shape index (κ1) is 45.4. The summed E-state index contributed by atoms with van der Waals surface area (Å²) in [5, 5.41) is 54.7. The molecule has 58 heavy (non-hydrogen) atoms. The Morgan fingerprint density at radius 1 is 0.621 bits per heavy atom. The van der Waals surface area contributed by atoms with E-state index in [1.165, 1.54) is 76.6 Å². The van der Waals surface area contributed by atoms with Gasteiger partial charge in [-0.05, 0) is 110 Å². The molecule has 0 aliphatic carbocycles. The van der Waals surface area contributed by atoms with Gasteiger partial charge in [-0.15, -0.1) is 0 Å². The molecule has 14 heteroatoms. The summed E-state index contributed by atoms with van der Waals surface area (Å²) in [4.78, 5) is 24.7. The van der Waals surface area contributed by atoms with E-state index in [9.17, 15) is 20.0 Å². The molecule has 0 bridgehead atoms. The minimum Gasteiger partial charge on any atom is -0.619 e. The summed E-state index contributed by atoms with van der Waals surface area (Å²) in [6.07, 6.45) is 9.06. The summed E-state index contributed by atoms with van der Waals surface area (Å²) in [7, 11) is 0. The molecule has 0 radical (unpaired) electrons. The van der Waals surface area contributed by atoms with Gasteiger partial charge < -0.3 is 50.1 Å². The van der Waals surface area contributed by atoms with Crippen molar-refractivity contribution in [3.05, 3.63) is 108 Å². The highest BCUT2D eigenvalue weighted by molar-refractivity contribution is 5.83. The van der Waals surface area contributed by atoms with Crippen molar-refractivity contribution >= 4 is 11.9 Å². The summed E-state index contributed by atoms with van der Waals surface area (Å²) in [6, 6.07) is 23.4. The maximum absolute atomic E-state index is 11.1. The first-order valence-corrected chi connectivity index (χ1v) is 20.0. The number of carboxylic acid groups (broad SMARTS) is 2. The molecule has 4 aromatic rings. The van der Waals surface area contributed by atoms with Crippen molar-refractivity contribution in [2.75, 3.05) is 52.5 Å². The zero-order chi connectivity index (χ0) is 41.9. The smallest absolute Gasteiger partial charge is 0.335 e. The zero-order valence-corrected chi connectivity index (χ0v) is 33.5. The summed E-state index contributed by atoms with van der Waals surface area (Å²) in [5.41, 5.74) is 4.25. The van der Waals surface area contributed by atoms with Crippen LogP contribution in [0.25, 0.3) is 22.3 Å². The summed E-state index contributed by atoms with van der Waals surface area (Å²) >= 11 is 0. The van der Waals surface area contributed by atoms with Crippen LogP contribution in [0, 0.1) is 22.3 Å². The number of piperidine rings is 2. The zero-order valence-electron chi connectivity index (χ0n) is 33.5. The molecule has 14 nitrogen and oxygen atoms in total. The lowest BCUT2D eigenvalue weighted by atomic mass is 10.0. The fourth-order valence-electron chi connectivity index (χ4n) is 6.90. The van der Waals surface area contributed by atoms with Crippen molar-refractivity contribution in [3.63, 3.8) is 0 Å². The fraction of sp³-hybridized carbons (Fsp3) is 0.455. The van der Waals surface area contributed by atoms with E-state index < -0.39 is 24.1 Å². The van der Waals surface area contributed by atoms with Gasteiger partial charge in [-0.2, -0.15) is 9.46 Å². The summed E-state index contributed by atoms with van der Waals surface area (Å²) in [5.74, 6) is -0.0615. The van der Waals surface area contributed by atoms with Gasteiger partial charge >= 0.3 is 11.9 Å². The number of aliphatic carboxylic acids is 2. The molecule has 2 aliphatic heterocycles. The van der Waals surface area contributed by atoms with Crippen LogP contribution in [0.4, 0.5) is 0 Å². The second kappa shape index (κ2) is 23.8. The average Bonchev–Trinajstić information content (AvgIpc) is 3.22. The van der Waals surface area contributed by atoms with Gasteiger partial charge in [0.1, 0.15) is 11.5 Å². The molecule has 4 heterocycles. The van der Waals surface area contributed by atoms with Crippen molar-refractivity contribution < 1.29 is 48.9 Å². The molecule has 4 unspecified atom stereocenters. The van der Waals surface area contributed by atoms with Crippen LogP contribution >= 0.6 is 0 Å². The van der Waals surface area contributed by atoms with Gasteiger partial charge in [-0.3, -0.25) is 0 Å². The molecular weight excluding hydrogens is 745 g/mol. The van der Waals surface area contributed by atoms with Crippen molar-refractivity contribution in [2.24, 2.45) is 11.8 Å². The van der Waals surface area contributed by atoms with Gasteiger partial charge in [0, 0.05) is 50.4 Å². The van der Waals surface area contributed by atoms with Gasteiger partial charge in [0.05, 0.1) is 13.2 Å². The molecule has 4 N–H and O–H groups in total. The van der Waals surface area contributed by atoms with E-state index >= 15 is 0 Å². The Kier molecular flexibility index (Phi) is 18.7. The molecule has 2 aromatic carbocycles. The van der Waals surface area contributed by atoms with E-state index in [1.807, 2.05) is 72.8 Å². The third-order valence-electron chi connectivity index (χ3n) is 10.0. The topological polar surface area (TPSA) is 194 Å². The number of nitrogens with zero attached hydrogens (tertiary/aromatic N) is 4. The second-order valence-electron chi connectivity index (χ2n) is 15.0. The lowest BCUT2D eigenvalue weighted by Crippen LogP contribution is -2.39. The molecule has 2 aliphatic rings. The van der Waals surface area contributed by atoms with E-state index in [0.29, 0.717) is 0 Å². The normalized spacial score (nSPS) is 18.0. The van der Waals surface area contributed by atoms with Crippen LogP contribution in [0.2, 0.25) is 0 Å². The molecule has 2 aromatic heterocycles. The molecule has 0 amide bonds. The third-order valence-corrected chi connectivity index (χ3v) is 10.0. The molecule has 314 valence electrons. The lowest BCUT2D eigenvalue weighted by Gasteiger charge is -2.30. The number of likely N-dealkylation sites (tertiary alicyclic amines) is 2. The van der Waals surface area contributed by atoms with E-state index in [4.69, 9.17) is 29.9 Å². The van der Waals surface area contributed by atoms with Crippen LogP contribution < -0.4 is 18.9 Å².